The maximum absolute atomic E-state index is 8.84. The minimum absolute atomic E-state index is 0.423. The van der Waals surface area contributed by atoms with Gasteiger partial charge in [0, 0.05) is 25.7 Å². The van der Waals surface area contributed by atoms with Gasteiger partial charge in [-0.05, 0) is 26.4 Å². The van der Waals surface area contributed by atoms with E-state index in [9.17, 15) is 0 Å². The van der Waals surface area contributed by atoms with Crippen molar-refractivity contribution in [2.45, 2.75) is 39.7 Å². The Morgan fingerprint density at radius 3 is 2.19 bits per heavy atom. The molecular formula is C13H27N3. The highest BCUT2D eigenvalue weighted by molar-refractivity contribution is 4.82. The summed E-state index contributed by atoms with van der Waals surface area (Å²) >= 11 is 0. The van der Waals surface area contributed by atoms with Crippen molar-refractivity contribution in [1.29, 1.82) is 5.26 Å². The van der Waals surface area contributed by atoms with Crippen LogP contribution in [0.25, 0.3) is 0 Å². The van der Waals surface area contributed by atoms with Gasteiger partial charge in [0.1, 0.15) is 0 Å². The van der Waals surface area contributed by atoms with Crippen LogP contribution in [0.3, 0.4) is 0 Å². The van der Waals surface area contributed by atoms with Crippen LogP contribution in [-0.2, 0) is 0 Å². The number of hydrogen-bond acceptors (Lipinski definition) is 3. The summed E-state index contributed by atoms with van der Waals surface area (Å²) in [5, 5.41) is 8.84. The SMILES string of the molecule is CCC(CC#N)N(CCN(C)C)CC(C)C. The summed E-state index contributed by atoms with van der Waals surface area (Å²) in [4.78, 5) is 4.67. The maximum atomic E-state index is 8.84. The van der Waals surface area contributed by atoms with E-state index >= 15 is 0 Å². The topological polar surface area (TPSA) is 30.3 Å². The zero-order valence-corrected chi connectivity index (χ0v) is 11.5. The van der Waals surface area contributed by atoms with Gasteiger partial charge in [0.05, 0.1) is 12.5 Å². The smallest absolute Gasteiger partial charge is 0.0638 e. The molecule has 0 fully saturated rings. The predicted molar refractivity (Wildman–Crippen MR) is 69.3 cm³/mol. The molecule has 0 aromatic carbocycles. The molecule has 16 heavy (non-hydrogen) atoms. The van der Waals surface area contributed by atoms with E-state index in [1.807, 2.05) is 0 Å². The van der Waals surface area contributed by atoms with E-state index in [4.69, 9.17) is 5.26 Å². The fourth-order valence-corrected chi connectivity index (χ4v) is 1.86. The van der Waals surface area contributed by atoms with Crippen molar-refractivity contribution in [3.8, 4) is 6.07 Å². The lowest BCUT2D eigenvalue weighted by Gasteiger charge is -2.32. The Balaban J connectivity index is 4.32. The van der Waals surface area contributed by atoms with E-state index in [1.54, 1.807) is 0 Å². The highest BCUT2D eigenvalue weighted by Gasteiger charge is 2.17. The summed E-state index contributed by atoms with van der Waals surface area (Å²) < 4.78 is 0. The Kier molecular flexibility index (Phi) is 8.23. The fourth-order valence-electron chi connectivity index (χ4n) is 1.86. The molecule has 0 spiro atoms. The van der Waals surface area contributed by atoms with E-state index in [0.717, 1.165) is 26.1 Å². The molecule has 0 aliphatic heterocycles. The van der Waals surface area contributed by atoms with Gasteiger partial charge >= 0.3 is 0 Å². The lowest BCUT2D eigenvalue weighted by molar-refractivity contribution is 0.157. The Hall–Kier alpha value is -0.590. The second-order valence-corrected chi connectivity index (χ2v) is 5.12. The molecule has 0 aromatic rings. The standard InChI is InChI=1S/C13H27N3/c1-6-13(7-8-14)16(11-12(2)3)10-9-15(4)5/h12-13H,6-7,9-11H2,1-5H3. The first-order valence-corrected chi connectivity index (χ1v) is 6.27. The van der Waals surface area contributed by atoms with Gasteiger partial charge in [-0.15, -0.1) is 0 Å². The minimum Gasteiger partial charge on any atom is -0.308 e. The Morgan fingerprint density at radius 2 is 1.81 bits per heavy atom. The van der Waals surface area contributed by atoms with Crippen LogP contribution < -0.4 is 0 Å². The molecule has 0 saturated heterocycles. The largest absolute Gasteiger partial charge is 0.308 e. The molecule has 0 aliphatic rings. The normalized spacial score (nSPS) is 13.4. The molecule has 0 rings (SSSR count). The molecule has 3 nitrogen and oxygen atoms in total. The van der Waals surface area contributed by atoms with Crippen LogP contribution in [0.2, 0.25) is 0 Å². The maximum Gasteiger partial charge on any atom is 0.0638 e. The molecule has 94 valence electrons. The summed E-state index contributed by atoms with van der Waals surface area (Å²) in [6, 6.07) is 2.73. The van der Waals surface area contributed by atoms with Crippen molar-refractivity contribution in [2.75, 3.05) is 33.7 Å². The quantitative estimate of drug-likeness (QED) is 0.634. The first kappa shape index (κ1) is 15.4. The van der Waals surface area contributed by atoms with E-state index in [-0.39, 0.29) is 0 Å². The Labute approximate surface area is 101 Å². The van der Waals surface area contributed by atoms with Gasteiger partial charge < -0.3 is 4.90 Å². The van der Waals surface area contributed by atoms with Gasteiger partial charge in [-0.2, -0.15) is 5.26 Å². The second kappa shape index (κ2) is 8.55. The molecule has 0 N–H and O–H groups in total. The second-order valence-electron chi connectivity index (χ2n) is 5.12. The van der Waals surface area contributed by atoms with Gasteiger partial charge in [-0.3, -0.25) is 4.90 Å². The molecule has 0 aliphatic carbocycles. The summed E-state index contributed by atoms with van der Waals surface area (Å²) in [6.07, 6.45) is 1.71. The van der Waals surface area contributed by atoms with Gasteiger partial charge in [-0.1, -0.05) is 20.8 Å². The first-order chi connectivity index (χ1) is 7.51. The van der Waals surface area contributed by atoms with Crippen LogP contribution in [0, 0.1) is 17.2 Å². The third-order valence-electron chi connectivity index (χ3n) is 2.75. The van der Waals surface area contributed by atoms with Crippen LogP contribution >= 0.6 is 0 Å². The van der Waals surface area contributed by atoms with Gasteiger partial charge in [0.15, 0.2) is 0 Å². The van der Waals surface area contributed by atoms with Crippen molar-refractivity contribution in [3.05, 3.63) is 0 Å². The molecular weight excluding hydrogens is 198 g/mol. The Bertz CT molecular complexity index is 206. The van der Waals surface area contributed by atoms with E-state index < -0.39 is 0 Å². The molecule has 3 heteroatoms. The molecule has 0 heterocycles. The zero-order valence-electron chi connectivity index (χ0n) is 11.5. The number of nitrogens with zero attached hydrogens (tertiary/aromatic N) is 3. The van der Waals surface area contributed by atoms with Crippen molar-refractivity contribution >= 4 is 0 Å². The third kappa shape index (κ3) is 6.81. The number of hydrogen-bond donors (Lipinski definition) is 0. The number of rotatable bonds is 8. The minimum atomic E-state index is 0.423. The molecule has 0 amide bonds. The first-order valence-electron chi connectivity index (χ1n) is 6.27. The van der Waals surface area contributed by atoms with Crippen molar-refractivity contribution in [1.82, 2.24) is 9.80 Å². The van der Waals surface area contributed by atoms with Crippen LogP contribution in [-0.4, -0.2) is 49.6 Å². The lowest BCUT2D eigenvalue weighted by Crippen LogP contribution is -2.41. The van der Waals surface area contributed by atoms with Crippen molar-refractivity contribution in [3.63, 3.8) is 0 Å². The zero-order chi connectivity index (χ0) is 12.6. The number of nitriles is 1. The van der Waals surface area contributed by atoms with E-state index in [0.29, 0.717) is 18.4 Å². The fraction of sp³-hybridized carbons (Fsp3) is 0.923. The summed E-state index contributed by atoms with van der Waals surface area (Å²) in [5.41, 5.74) is 0. The monoisotopic (exact) mass is 225 g/mol. The highest BCUT2D eigenvalue weighted by Crippen LogP contribution is 2.11. The lowest BCUT2D eigenvalue weighted by atomic mass is 10.1. The molecule has 1 unspecified atom stereocenters. The molecule has 0 radical (unpaired) electrons. The van der Waals surface area contributed by atoms with E-state index in [1.165, 1.54) is 0 Å². The molecule has 0 bridgehead atoms. The highest BCUT2D eigenvalue weighted by atomic mass is 15.2. The Morgan fingerprint density at radius 1 is 1.19 bits per heavy atom. The van der Waals surface area contributed by atoms with E-state index in [2.05, 4.69) is 50.7 Å². The van der Waals surface area contributed by atoms with Crippen LogP contribution in [0.4, 0.5) is 0 Å². The molecule has 0 aromatic heterocycles. The van der Waals surface area contributed by atoms with Gasteiger partial charge in [0.2, 0.25) is 0 Å². The summed E-state index contributed by atoms with van der Waals surface area (Å²) in [6.45, 7) is 9.86. The molecule has 1 atom stereocenters. The molecule has 0 saturated carbocycles. The average Bonchev–Trinajstić information content (AvgIpc) is 2.20. The van der Waals surface area contributed by atoms with Crippen LogP contribution in [0.5, 0.6) is 0 Å². The van der Waals surface area contributed by atoms with Crippen molar-refractivity contribution in [2.24, 2.45) is 5.92 Å². The average molecular weight is 225 g/mol. The van der Waals surface area contributed by atoms with Gasteiger partial charge in [0.25, 0.3) is 0 Å². The number of likely N-dealkylation sites (N-methyl/N-ethyl adjacent to an activating group) is 1. The summed E-state index contributed by atoms with van der Waals surface area (Å²) in [7, 11) is 4.19. The predicted octanol–water partition coefficient (Wildman–Crippen LogP) is 2.20. The van der Waals surface area contributed by atoms with Gasteiger partial charge in [-0.25, -0.2) is 0 Å². The van der Waals surface area contributed by atoms with Crippen molar-refractivity contribution < 1.29 is 0 Å². The van der Waals surface area contributed by atoms with Crippen LogP contribution in [0.1, 0.15) is 33.6 Å². The summed E-state index contributed by atoms with van der Waals surface area (Å²) in [5.74, 6) is 0.662. The van der Waals surface area contributed by atoms with Crippen LogP contribution in [0.15, 0.2) is 0 Å². The third-order valence-corrected chi connectivity index (χ3v) is 2.75.